The molecule has 132 valence electrons. The number of benzene rings is 2. The Hall–Kier alpha value is -1.87. The van der Waals surface area contributed by atoms with E-state index < -0.39 is 0 Å². The van der Waals surface area contributed by atoms with Gasteiger partial charge in [-0.05, 0) is 36.2 Å². The Morgan fingerprint density at radius 2 is 2.04 bits per heavy atom. The smallest absolute Gasteiger partial charge is 0.193 e. The van der Waals surface area contributed by atoms with Crippen molar-refractivity contribution in [2.24, 2.45) is 10.7 Å². The lowest BCUT2D eigenvalue weighted by Gasteiger charge is -2.07. The number of nitrogens with one attached hydrogen (secondary N) is 2. The van der Waals surface area contributed by atoms with E-state index in [1.165, 1.54) is 10.3 Å². The van der Waals surface area contributed by atoms with Gasteiger partial charge < -0.3 is 16.4 Å². The van der Waals surface area contributed by atoms with Crippen molar-refractivity contribution < 1.29 is 0 Å². The highest BCUT2D eigenvalue weighted by atomic mass is 127. The molecule has 0 radical (unpaired) electrons. The van der Waals surface area contributed by atoms with Crippen LogP contribution in [0, 0.1) is 0 Å². The largest absolute Gasteiger partial charge is 0.370 e. The summed E-state index contributed by atoms with van der Waals surface area (Å²) in [4.78, 5) is 8.87. The van der Waals surface area contributed by atoms with E-state index in [2.05, 4.69) is 45.7 Å². The molecule has 3 aromatic rings. The number of nitrogens with zero attached hydrogens (tertiary/aromatic N) is 2. The molecule has 7 heteroatoms. The minimum absolute atomic E-state index is 0. The van der Waals surface area contributed by atoms with Crippen LogP contribution in [0.15, 0.2) is 53.5 Å². The number of para-hydroxylation sites is 1. The van der Waals surface area contributed by atoms with Crippen molar-refractivity contribution in [1.29, 1.82) is 0 Å². The molecule has 5 nitrogen and oxygen atoms in total. The van der Waals surface area contributed by atoms with E-state index in [0.717, 1.165) is 22.8 Å². The normalized spacial score (nSPS) is 11.2. The second-order valence-electron chi connectivity index (χ2n) is 5.36. The van der Waals surface area contributed by atoms with Gasteiger partial charge in [-0.25, -0.2) is 4.98 Å². The van der Waals surface area contributed by atoms with Crippen molar-refractivity contribution in [2.45, 2.75) is 13.3 Å². The van der Waals surface area contributed by atoms with Crippen molar-refractivity contribution >= 4 is 62.3 Å². The number of aryl methyl sites for hydroxylation is 1. The molecule has 0 atom stereocenters. The molecule has 2 aromatic carbocycles. The van der Waals surface area contributed by atoms with E-state index in [-0.39, 0.29) is 24.0 Å². The third-order valence-electron chi connectivity index (χ3n) is 3.57. The maximum absolute atomic E-state index is 5.94. The predicted octanol–water partition coefficient (Wildman–Crippen LogP) is 4.32. The van der Waals surface area contributed by atoms with Crippen LogP contribution in [0.5, 0.6) is 0 Å². The number of aliphatic imine (C=N–C) groups is 1. The highest BCUT2D eigenvalue weighted by molar-refractivity contribution is 14.0. The van der Waals surface area contributed by atoms with Gasteiger partial charge in [-0.15, -0.1) is 24.0 Å². The minimum atomic E-state index is 0. The van der Waals surface area contributed by atoms with Gasteiger partial charge in [0.2, 0.25) is 0 Å². The molecule has 25 heavy (non-hydrogen) atoms. The SMILES string of the molecule is CCc1cccc(NC(N)=NCCNc2nc3ccccc3s2)c1.I. The molecule has 0 saturated carbocycles. The van der Waals surface area contributed by atoms with E-state index >= 15 is 0 Å². The van der Waals surface area contributed by atoms with E-state index in [1.54, 1.807) is 11.3 Å². The van der Waals surface area contributed by atoms with Gasteiger partial charge in [-0.1, -0.05) is 42.5 Å². The Balaban J connectivity index is 0.00000225. The monoisotopic (exact) mass is 467 g/mol. The molecular weight excluding hydrogens is 445 g/mol. The molecule has 0 saturated heterocycles. The Kier molecular flexibility index (Phi) is 7.45. The van der Waals surface area contributed by atoms with Gasteiger partial charge in [0.1, 0.15) is 0 Å². The average molecular weight is 467 g/mol. The number of halogens is 1. The van der Waals surface area contributed by atoms with E-state index in [0.29, 0.717) is 19.0 Å². The van der Waals surface area contributed by atoms with Crippen molar-refractivity contribution in [3.05, 3.63) is 54.1 Å². The number of aromatic nitrogens is 1. The van der Waals surface area contributed by atoms with Gasteiger partial charge in [-0.2, -0.15) is 0 Å². The van der Waals surface area contributed by atoms with Crippen LogP contribution in [0.3, 0.4) is 0 Å². The van der Waals surface area contributed by atoms with Crippen molar-refractivity contribution in [1.82, 2.24) is 4.98 Å². The van der Waals surface area contributed by atoms with Gasteiger partial charge in [0.05, 0.1) is 16.8 Å². The summed E-state index contributed by atoms with van der Waals surface area (Å²) in [5, 5.41) is 7.32. The number of guanidine groups is 1. The first-order valence-corrected chi connectivity index (χ1v) is 8.81. The number of fused-ring (bicyclic) bond motifs is 1. The Bertz CT molecular complexity index is 813. The highest BCUT2D eigenvalue weighted by Gasteiger charge is 2.01. The summed E-state index contributed by atoms with van der Waals surface area (Å²) in [5.74, 6) is 0.425. The quantitative estimate of drug-likeness (QED) is 0.219. The van der Waals surface area contributed by atoms with Crippen LogP contribution in [0.2, 0.25) is 0 Å². The van der Waals surface area contributed by atoms with Crippen molar-refractivity contribution in [3.8, 4) is 0 Å². The molecule has 1 aromatic heterocycles. The Labute approximate surface area is 168 Å². The number of anilines is 2. The number of hydrogen-bond acceptors (Lipinski definition) is 4. The first-order valence-electron chi connectivity index (χ1n) is 8.00. The molecule has 0 unspecified atom stereocenters. The van der Waals surface area contributed by atoms with Gasteiger partial charge in [-0.3, -0.25) is 4.99 Å². The van der Waals surface area contributed by atoms with E-state index in [4.69, 9.17) is 5.73 Å². The first kappa shape index (κ1) is 19.5. The zero-order valence-corrected chi connectivity index (χ0v) is 17.2. The van der Waals surface area contributed by atoms with Gasteiger partial charge in [0.25, 0.3) is 0 Å². The lowest BCUT2D eigenvalue weighted by Crippen LogP contribution is -2.23. The van der Waals surface area contributed by atoms with Crippen LogP contribution in [0.1, 0.15) is 12.5 Å². The van der Waals surface area contributed by atoms with E-state index in [9.17, 15) is 0 Å². The standard InChI is InChI=1S/C18H21N5S.HI/c1-2-13-6-5-7-14(12-13)22-17(19)20-10-11-21-18-23-15-8-3-4-9-16(15)24-18;/h3-9,12H,2,10-11H2,1H3,(H,21,23)(H3,19,20,22);1H. The van der Waals surface area contributed by atoms with Crippen LogP contribution in [-0.2, 0) is 6.42 Å². The maximum Gasteiger partial charge on any atom is 0.193 e. The molecule has 4 N–H and O–H groups in total. The summed E-state index contributed by atoms with van der Waals surface area (Å²) in [6.45, 7) is 3.41. The fraction of sp³-hybridized carbons (Fsp3) is 0.222. The zero-order chi connectivity index (χ0) is 16.8. The zero-order valence-electron chi connectivity index (χ0n) is 14.0. The van der Waals surface area contributed by atoms with Crippen LogP contribution < -0.4 is 16.4 Å². The lowest BCUT2D eigenvalue weighted by atomic mass is 10.1. The van der Waals surface area contributed by atoms with Crippen LogP contribution in [0.25, 0.3) is 10.2 Å². The molecule has 0 fully saturated rings. The molecule has 0 spiro atoms. The Morgan fingerprint density at radius 3 is 2.84 bits per heavy atom. The van der Waals surface area contributed by atoms with Crippen molar-refractivity contribution in [3.63, 3.8) is 0 Å². The first-order chi connectivity index (χ1) is 11.7. The van der Waals surface area contributed by atoms with Crippen LogP contribution in [0.4, 0.5) is 10.8 Å². The Morgan fingerprint density at radius 1 is 1.20 bits per heavy atom. The second kappa shape index (κ2) is 9.57. The van der Waals surface area contributed by atoms with Crippen molar-refractivity contribution in [2.75, 3.05) is 23.7 Å². The van der Waals surface area contributed by atoms with E-state index in [1.807, 2.05) is 30.3 Å². The molecule has 0 bridgehead atoms. The number of thiazole rings is 1. The molecule has 0 aliphatic carbocycles. The second-order valence-corrected chi connectivity index (χ2v) is 6.39. The summed E-state index contributed by atoms with van der Waals surface area (Å²) in [5.41, 5.74) is 9.19. The number of rotatable bonds is 6. The summed E-state index contributed by atoms with van der Waals surface area (Å²) >= 11 is 1.65. The molecule has 1 heterocycles. The van der Waals surface area contributed by atoms with Gasteiger partial charge >= 0.3 is 0 Å². The third kappa shape index (κ3) is 5.57. The average Bonchev–Trinajstić information content (AvgIpc) is 3.01. The van der Waals surface area contributed by atoms with Crippen LogP contribution in [-0.4, -0.2) is 24.0 Å². The fourth-order valence-electron chi connectivity index (χ4n) is 2.34. The lowest BCUT2D eigenvalue weighted by molar-refractivity contribution is 1.01. The summed E-state index contributed by atoms with van der Waals surface area (Å²) < 4.78 is 1.18. The molecule has 3 rings (SSSR count). The summed E-state index contributed by atoms with van der Waals surface area (Å²) in [7, 11) is 0. The van der Waals surface area contributed by atoms with Gasteiger partial charge in [0.15, 0.2) is 11.1 Å². The fourth-order valence-corrected chi connectivity index (χ4v) is 3.23. The predicted molar refractivity (Wildman–Crippen MR) is 119 cm³/mol. The molecule has 0 aliphatic heterocycles. The third-order valence-corrected chi connectivity index (χ3v) is 4.57. The summed E-state index contributed by atoms with van der Waals surface area (Å²) in [6.07, 6.45) is 0.999. The van der Waals surface area contributed by atoms with Gasteiger partial charge in [0, 0.05) is 12.2 Å². The molecule has 0 aliphatic rings. The topological polar surface area (TPSA) is 75.3 Å². The number of hydrogen-bond donors (Lipinski definition) is 3. The van der Waals surface area contributed by atoms with Crippen LogP contribution >= 0.6 is 35.3 Å². The maximum atomic E-state index is 5.94. The molecular formula is C18H22IN5S. The number of nitrogens with two attached hydrogens (primary N) is 1. The minimum Gasteiger partial charge on any atom is -0.370 e. The summed E-state index contributed by atoms with van der Waals surface area (Å²) in [6, 6.07) is 16.3. The highest BCUT2D eigenvalue weighted by Crippen LogP contribution is 2.24. The molecule has 0 amide bonds.